The summed E-state index contributed by atoms with van der Waals surface area (Å²) in [6.07, 6.45) is 2.57. The maximum atomic E-state index is 11.8. The molecule has 16 heavy (non-hydrogen) atoms. The molecule has 0 N–H and O–H groups in total. The highest BCUT2D eigenvalue weighted by molar-refractivity contribution is 8.00. The van der Waals surface area contributed by atoms with Crippen molar-refractivity contribution in [3.05, 3.63) is 21.3 Å². The lowest BCUT2D eigenvalue weighted by atomic mass is 10.3. The lowest BCUT2D eigenvalue weighted by Gasteiger charge is -2.22. The zero-order valence-electron chi connectivity index (χ0n) is 8.69. The SMILES string of the molecule is O=C1CSC(c2ccc(Cl)s2)N1CC1CC1. The number of nitrogens with zero attached hydrogens (tertiary/aromatic N) is 1. The van der Waals surface area contributed by atoms with E-state index in [9.17, 15) is 4.79 Å². The van der Waals surface area contributed by atoms with Gasteiger partial charge in [-0.2, -0.15) is 0 Å². The summed E-state index contributed by atoms with van der Waals surface area (Å²) < 4.78 is 0.807. The van der Waals surface area contributed by atoms with E-state index in [1.807, 2.05) is 17.0 Å². The van der Waals surface area contributed by atoms with Crippen LogP contribution in [0.15, 0.2) is 12.1 Å². The van der Waals surface area contributed by atoms with Crippen molar-refractivity contribution in [3.63, 3.8) is 0 Å². The first-order valence-corrected chi connectivity index (χ1v) is 7.64. The maximum Gasteiger partial charge on any atom is 0.233 e. The summed E-state index contributed by atoms with van der Waals surface area (Å²) in [6, 6.07) is 3.96. The van der Waals surface area contributed by atoms with E-state index in [2.05, 4.69) is 0 Å². The third kappa shape index (κ3) is 2.11. The molecule has 1 aromatic rings. The molecular formula is C11H12ClNOS2. The molecule has 1 saturated heterocycles. The average Bonchev–Trinajstić information content (AvgIpc) is 2.87. The van der Waals surface area contributed by atoms with Crippen LogP contribution in [0.2, 0.25) is 4.34 Å². The highest BCUT2D eigenvalue weighted by Gasteiger charge is 2.37. The minimum absolute atomic E-state index is 0.214. The van der Waals surface area contributed by atoms with E-state index in [0.717, 1.165) is 16.8 Å². The van der Waals surface area contributed by atoms with Gasteiger partial charge in [-0.25, -0.2) is 0 Å². The Hall–Kier alpha value is -0.190. The Morgan fingerprint density at radius 1 is 1.44 bits per heavy atom. The first kappa shape index (κ1) is 10.9. The van der Waals surface area contributed by atoms with Crippen LogP contribution in [-0.2, 0) is 4.79 Å². The predicted octanol–water partition coefficient (Wildman–Crippen LogP) is 3.39. The van der Waals surface area contributed by atoms with Crippen LogP contribution in [0.5, 0.6) is 0 Å². The zero-order valence-corrected chi connectivity index (χ0v) is 11.1. The van der Waals surface area contributed by atoms with E-state index >= 15 is 0 Å². The fourth-order valence-electron chi connectivity index (χ4n) is 1.93. The minimum Gasteiger partial charge on any atom is -0.325 e. The van der Waals surface area contributed by atoms with Gasteiger partial charge in [0.2, 0.25) is 5.91 Å². The van der Waals surface area contributed by atoms with Crippen molar-refractivity contribution in [3.8, 4) is 0 Å². The van der Waals surface area contributed by atoms with Gasteiger partial charge in [0, 0.05) is 11.4 Å². The van der Waals surface area contributed by atoms with Crippen molar-refractivity contribution in [2.45, 2.75) is 18.2 Å². The summed E-state index contributed by atoms with van der Waals surface area (Å²) in [5.41, 5.74) is 0. The lowest BCUT2D eigenvalue weighted by Crippen LogP contribution is -2.29. The van der Waals surface area contributed by atoms with Crippen LogP contribution in [0.25, 0.3) is 0 Å². The van der Waals surface area contributed by atoms with Crippen LogP contribution in [0, 0.1) is 5.92 Å². The Morgan fingerprint density at radius 2 is 2.25 bits per heavy atom. The van der Waals surface area contributed by atoms with Gasteiger partial charge in [0.1, 0.15) is 5.37 Å². The fourth-order valence-corrected chi connectivity index (χ4v) is 4.42. The van der Waals surface area contributed by atoms with Gasteiger partial charge in [-0.3, -0.25) is 4.79 Å². The number of thiophene rings is 1. The molecule has 2 nitrogen and oxygen atoms in total. The average molecular weight is 274 g/mol. The van der Waals surface area contributed by atoms with Crippen LogP contribution in [0.3, 0.4) is 0 Å². The molecule has 2 aliphatic rings. The minimum atomic E-state index is 0.214. The molecule has 1 atom stereocenters. The number of amides is 1. The van der Waals surface area contributed by atoms with Gasteiger partial charge in [-0.05, 0) is 30.9 Å². The maximum absolute atomic E-state index is 11.8. The zero-order chi connectivity index (χ0) is 11.1. The lowest BCUT2D eigenvalue weighted by molar-refractivity contribution is -0.128. The largest absolute Gasteiger partial charge is 0.325 e. The highest BCUT2D eigenvalue weighted by atomic mass is 35.5. The van der Waals surface area contributed by atoms with Gasteiger partial charge >= 0.3 is 0 Å². The van der Waals surface area contributed by atoms with Crippen molar-refractivity contribution in [1.29, 1.82) is 0 Å². The third-order valence-electron chi connectivity index (χ3n) is 2.96. The summed E-state index contributed by atoms with van der Waals surface area (Å²) in [5.74, 6) is 1.65. The standard InChI is InChI=1S/C11H12ClNOS2/c12-9-4-3-8(16-9)11-13(5-7-1-2-7)10(14)6-15-11/h3-4,7,11H,1-2,5-6H2. The number of carbonyl (C=O) groups is 1. The molecule has 1 amide bonds. The number of hydrogen-bond donors (Lipinski definition) is 0. The molecule has 3 rings (SSSR count). The topological polar surface area (TPSA) is 20.3 Å². The molecule has 1 aliphatic heterocycles. The Morgan fingerprint density at radius 3 is 2.88 bits per heavy atom. The second-order valence-electron chi connectivity index (χ2n) is 4.29. The molecule has 1 unspecified atom stereocenters. The monoisotopic (exact) mass is 273 g/mol. The van der Waals surface area contributed by atoms with E-state index in [1.165, 1.54) is 17.7 Å². The van der Waals surface area contributed by atoms with Gasteiger partial charge in [0.25, 0.3) is 0 Å². The van der Waals surface area contributed by atoms with E-state index < -0.39 is 0 Å². The number of rotatable bonds is 3. The molecule has 0 radical (unpaired) electrons. The third-order valence-corrected chi connectivity index (χ3v) is 5.63. The number of hydrogen-bond acceptors (Lipinski definition) is 3. The molecule has 1 aliphatic carbocycles. The molecule has 1 aromatic heterocycles. The van der Waals surface area contributed by atoms with Crippen LogP contribution >= 0.6 is 34.7 Å². The molecule has 1 saturated carbocycles. The molecule has 5 heteroatoms. The van der Waals surface area contributed by atoms with E-state index in [4.69, 9.17) is 11.6 Å². The summed E-state index contributed by atoms with van der Waals surface area (Å²) in [7, 11) is 0. The molecule has 2 heterocycles. The second-order valence-corrected chi connectivity index (χ2v) is 7.11. The molecule has 0 spiro atoms. The summed E-state index contributed by atoms with van der Waals surface area (Å²) in [6.45, 7) is 0.937. The van der Waals surface area contributed by atoms with Crippen LogP contribution in [0.1, 0.15) is 23.1 Å². The molecular weight excluding hydrogens is 262 g/mol. The molecule has 2 fully saturated rings. The quantitative estimate of drug-likeness (QED) is 0.841. The van der Waals surface area contributed by atoms with Crippen molar-refractivity contribution >= 4 is 40.6 Å². The molecule has 86 valence electrons. The first-order valence-electron chi connectivity index (χ1n) is 5.40. The number of halogens is 1. The van der Waals surface area contributed by atoms with Crippen molar-refractivity contribution < 1.29 is 4.79 Å². The second kappa shape index (κ2) is 4.24. The molecule has 0 bridgehead atoms. The highest BCUT2D eigenvalue weighted by Crippen LogP contribution is 2.44. The normalized spacial score (nSPS) is 25.4. The van der Waals surface area contributed by atoms with Gasteiger partial charge < -0.3 is 4.90 Å². The molecule has 0 aromatic carbocycles. The summed E-state index contributed by atoms with van der Waals surface area (Å²) in [4.78, 5) is 15.0. The van der Waals surface area contributed by atoms with Crippen LogP contribution in [0.4, 0.5) is 0 Å². The van der Waals surface area contributed by atoms with Crippen molar-refractivity contribution in [2.75, 3.05) is 12.3 Å². The van der Waals surface area contributed by atoms with Crippen LogP contribution in [-0.4, -0.2) is 23.1 Å². The summed E-state index contributed by atoms with van der Waals surface area (Å²) >= 11 is 9.26. The van der Waals surface area contributed by atoms with Gasteiger partial charge in [-0.15, -0.1) is 23.1 Å². The van der Waals surface area contributed by atoms with E-state index in [1.54, 1.807) is 23.1 Å². The van der Waals surface area contributed by atoms with E-state index in [-0.39, 0.29) is 11.3 Å². The van der Waals surface area contributed by atoms with Gasteiger partial charge in [-0.1, -0.05) is 11.6 Å². The summed E-state index contributed by atoms with van der Waals surface area (Å²) in [5, 5.41) is 0.214. The van der Waals surface area contributed by atoms with Crippen LogP contribution < -0.4 is 0 Å². The fraction of sp³-hybridized carbons (Fsp3) is 0.545. The van der Waals surface area contributed by atoms with Crippen molar-refractivity contribution in [2.24, 2.45) is 5.92 Å². The Bertz CT molecular complexity index is 416. The van der Waals surface area contributed by atoms with Gasteiger partial charge in [0.15, 0.2) is 0 Å². The Kier molecular flexibility index (Phi) is 2.90. The smallest absolute Gasteiger partial charge is 0.233 e. The predicted molar refractivity (Wildman–Crippen MR) is 69.0 cm³/mol. The van der Waals surface area contributed by atoms with E-state index in [0.29, 0.717) is 5.75 Å². The Balaban J connectivity index is 1.79. The number of carbonyl (C=O) groups excluding carboxylic acids is 1. The van der Waals surface area contributed by atoms with Gasteiger partial charge in [0.05, 0.1) is 10.1 Å². The Labute approximate surface area is 108 Å². The number of thioether (sulfide) groups is 1. The van der Waals surface area contributed by atoms with Crippen molar-refractivity contribution in [1.82, 2.24) is 4.90 Å². The first-order chi connectivity index (χ1) is 7.74.